The number of Topliss-reactive ketones (excluding diaryl/α,β-unsaturated/α-hetero) is 1. The van der Waals surface area contributed by atoms with Gasteiger partial charge in [0.1, 0.15) is 5.78 Å². The molecule has 0 aliphatic heterocycles. The van der Waals surface area contributed by atoms with Gasteiger partial charge in [-0.2, -0.15) is 0 Å². The number of hydrogen-bond acceptors (Lipinski definition) is 2. The normalized spacial score (nSPS) is 11.9. The fraction of sp³-hybridized carbons (Fsp3) is 0.263. The Balaban J connectivity index is 2.00. The molecule has 0 aromatic heterocycles. The predicted octanol–water partition coefficient (Wildman–Crippen LogP) is 4.09. The summed E-state index contributed by atoms with van der Waals surface area (Å²) in [6.07, 6.45) is 0.588. The second-order valence-electron chi connectivity index (χ2n) is 5.73. The third-order valence-electron chi connectivity index (χ3n) is 3.79. The van der Waals surface area contributed by atoms with Gasteiger partial charge >= 0.3 is 5.97 Å². The second-order valence-corrected chi connectivity index (χ2v) is 6.14. The summed E-state index contributed by atoms with van der Waals surface area (Å²) < 4.78 is 0. The molecule has 1 unspecified atom stereocenters. The molecule has 0 heterocycles. The SMILES string of the molecule is Cc1ccc(CC(=O)CC(Cc2ccccc2)C(=O)O)cc1Cl. The summed E-state index contributed by atoms with van der Waals surface area (Å²) >= 11 is 6.06. The van der Waals surface area contributed by atoms with Gasteiger partial charge in [-0.1, -0.05) is 54.1 Å². The maximum absolute atomic E-state index is 12.2. The molecule has 2 aromatic carbocycles. The average Bonchev–Trinajstić information content (AvgIpc) is 2.51. The molecule has 0 aliphatic rings. The van der Waals surface area contributed by atoms with Gasteiger partial charge in [0.05, 0.1) is 5.92 Å². The van der Waals surface area contributed by atoms with E-state index < -0.39 is 11.9 Å². The first kappa shape index (κ1) is 17.2. The van der Waals surface area contributed by atoms with E-state index in [1.807, 2.05) is 49.4 Å². The molecule has 23 heavy (non-hydrogen) atoms. The van der Waals surface area contributed by atoms with E-state index in [1.54, 1.807) is 6.07 Å². The standard InChI is InChI=1S/C19H19ClO3/c1-13-7-8-15(11-18(13)20)10-17(21)12-16(19(22)23)9-14-5-3-2-4-6-14/h2-8,11,16H,9-10,12H2,1H3,(H,22,23). The molecule has 0 bridgehead atoms. The largest absolute Gasteiger partial charge is 0.481 e. The van der Waals surface area contributed by atoms with E-state index in [2.05, 4.69) is 0 Å². The minimum Gasteiger partial charge on any atom is -0.481 e. The quantitative estimate of drug-likeness (QED) is 0.831. The first-order valence-electron chi connectivity index (χ1n) is 7.49. The molecule has 4 heteroatoms. The van der Waals surface area contributed by atoms with Crippen molar-refractivity contribution in [1.82, 2.24) is 0 Å². The number of carbonyl (C=O) groups is 2. The van der Waals surface area contributed by atoms with Crippen LogP contribution in [0.3, 0.4) is 0 Å². The molecule has 0 spiro atoms. The molecular formula is C19H19ClO3. The molecule has 0 amide bonds. The van der Waals surface area contributed by atoms with Crippen molar-refractivity contribution in [2.75, 3.05) is 0 Å². The van der Waals surface area contributed by atoms with E-state index in [9.17, 15) is 14.7 Å². The van der Waals surface area contributed by atoms with Crippen molar-refractivity contribution in [3.63, 3.8) is 0 Å². The fourth-order valence-electron chi connectivity index (χ4n) is 2.47. The monoisotopic (exact) mass is 330 g/mol. The summed E-state index contributed by atoms with van der Waals surface area (Å²) in [5.74, 6) is -1.73. The molecule has 0 aliphatic carbocycles. The molecule has 2 rings (SSSR count). The van der Waals surface area contributed by atoms with Gasteiger partial charge in [-0.3, -0.25) is 9.59 Å². The topological polar surface area (TPSA) is 54.4 Å². The van der Waals surface area contributed by atoms with Gasteiger partial charge in [0, 0.05) is 17.9 Å². The summed E-state index contributed by atoms with van der Waals surface area (Å²) in [5.41, 5.74) is 2.69. The summed E-state index contributed by atoms with van der Waals surface area (Å²) in [6, 6.07) is 14.8. The van der Waals surface area contributed by atoms with Gasteiger partial charge in [-0.15, -0.1) is 0 Å². The molecule has 0 radical (unpaired) electrons. The lowest BCUT2D eigenvalue weighted by Crippen LogP contribution is -2.21. The van der Waals surface area contributed by atoms with Crippen molar-refractivity contribution in [1.29, 1.82) is 0 Å². The zero-order valence-corrected chi connectivity index (χ0v) is 13.7. The van der Waals surface area contributed by atoms with E-state index in [-0.39, 0.29) is 18.6 Å². The molecule has 0 saturated heterocycles. The van der Waals surface area contributed by atoms with Gasteiger partial charge in [0.2, 0.25) is 0 Å². The smallest absolute Gasteiger partial charge is 0.307 e. The number of carboxylic acid groups (broad SMARTS) is 1. The van der Waals surface area contributed by atoms with Crippen LogP contribution >= 0.6 is 11.6 Å². The number of halogens is 1. The number of hydrogen-bond donors (Lipinski definition) is 1. The lowest BCUT2D eigenvalue weighted by molar-refractivity contribution is -0.143. The third kappa shape index (κ3) is 5.22. The first-order valence-corrected chi connectivity index (χ1v) is 7.87. The van der Waals surface area contributed by atoms with Crippen molar-refractivity contribution in [3.05, 3.63) is 70.2 Å². The highest BCUT2D eigenvalue weighted by Crippen LogP contribution is 2.19. The number of aliphatic carboxylic acids is 1. The van der Waals surface area contributed by atoms with Crippen LogP contribution in [0.5, 0.6) is 0 Å². The van der Waals surface area contributed by atoms with Crippen molar-refractivity contribution in [2.45, 2.75) is 26.2 Å². The van der Waals surface area contributed by atoms with E-state index >= 15 is 0 Å². The van der Waals surface area contributed by atoms with E-state index in [4.69, 9.17) is 11.6 Å². The molecule has 1 N–H and O–H groups in total. The Labute approximate surface area is 140 Å². The molecule has 2 aromatic rings. The highest BCUT2D eigenvalue weighted by atomic mass is 35.5. The van der Waals surface area contributed by atoms with Crippen LogP contribution in [0.15, 0.2) is 48.5 Å². The second kappa shape index (κ2) is 7.93. The third-order valence-corrected chi connectivity index (χ3v) is 4.19. The number of benzene rings is 2. The fourth-order valence-corrected chi connectivity index (χ4v) is 2.67. The highest BCUT2D eigenvalue weighted by Gasteiger charge is 2.21. The Hall–Kier alpha value is -2.13. The zero-order chi connectivity index (χ0) is 16.8. The number of carboxylic acids is 1. The maximum atomic E-state index is 12.2. The van der Waals surface area contributed by atoms with Gasteiger partial charge in [-0.05, 0) is 36.1 Å². The molecule has 0 saturated carbocycles. The van der Waals surface area contributed by atoms with Gasteiger partial charge in [-0.25, -0.2) is 0 Å². The zero-order valence-electron chi connectivity index (χ0n) is 13.0. The van der Waals surface area contributed by atoms with Gasteiger partial charge in [0.25, 0.3) is 0 Å². The highest BCUT2D eigenvalue weighted by molar-refractivity contribution is 6.31. The van der Waals surface area contributed by atoms with Crippen molar-refractivity contribution < 1.29 is 14.7 Å². The number of carbonyl (C=O) groups excluding carboxylic acids is 1. The Kier molecular flexibility index (Phi) is 5.94. The first-order chi connectivity index (χ1) is 11.0. The Morgan fingerprint density at radius 3 is 2.39 bits per heavy atom. The van der Waals surface area contributed by atoms with E-state index in [0.717, 1.165) is 16.7 Å². The van der Waals surface area contributed by atoms with Crippen molar-refractivity contribution >= 4 is 23.4 Å². The van der Waals surface area contributed by atoms with Crippen LogP contribution in [0.4, 0.5) is 0 Å². The lowest BCUT2D eigenvalue weighted by atomic mass is 9.92. The van der Waals surface area contributed by atoms with Crippen LogP contribution in [0.25, 0.3) is 0 Å². The lowest BCUT2D eigenvalue weighted by Gasteiger charge is -2.12. The van der Waals surface area contributed by atoms with E-state index in [1.165, 1.54) is 0 Å². The Bertz CT molecular complexity index is 695. The summed E-state index contributed by atoms with van der Waals surface area (Å²) in [4.78, 5) is 23.6. The molecule has 120 valence electrons. The minimum atomic E-state index is -0.941. The summed E-state index contributed by atoms with van der Waals surface area (Å²) in [7, 11) is 0. The van der Waals surface area contributed by atoms with Crippen LogP contribution in [-0.2, 0) is 22.4 Å². The van der Waals surface area contributed by atoms with Crippen molar-refractivity contribution in [3.8, 4) is 0 Å². The maximum Gasteiger partial charge on any atom is 0.307 e. The van der Waals surface area contributed by atoms with Crippen LogP contribution in [0, 0.1) is 12.8 Å². The molecular weight excluding hydrogens is 312 g/mol. The molecule has 3 nitrogen and oxygen atoms in total. The Morgan fingerprint density at radius 2 is 1.78 bits per heavy atom. The molecule has 1 atom stereocenters. The summed E-state index contributed by atoms with van der Waals surface area (Å²) in [6.45, 7) is 1.90. The average molecular weight is 331 g/mol. The minimum absolute atomic E-state index is 0.0235. The molecule has 0 fully saturated rings. The van der Waals surface area contributed by atoms with Crippen molar-refractivity contribution in [2.24, 2.45) is 5.92 Å². The van der Waals surface area contributed by atoms with Gasteiger partial charge in [0.15, 0.2) is 0 Å². The number of rotatable bonds is 7. The van der Waals surface area contributed by atoms with Gasteiger partial charge < -0.3 is 5.11 Å². The summed E-state index contributed by atoms with van der Waals surface area (Å²) in [5, 5.41) is 9.98. The number of aryl methyl sites for hydroxylation is 1. The Morgan fingerprint density at radius 1 is 1.09 bits per heavy atom. The van der Waals surface area contributed by atoms with Crippen LogP contribution in [-0.4, -0.2) is 16.9 Å². The van der Waals surface area contributed by atoms with Crippen LogP contribution < -0.4 is 0 Å². The van der Waals surface area contributed by atoms with Crippen LogP contribution in [0.2, 0.25) is 5.02 Å². The number of ketones is 1. The van der Waals surface area contributed by atoms with Crippen LogP contribution in [0.1, 0.15) is 23.1 Å². The van der Waals surface area contributed by atoms with E-state index in [0.29, 0.717) is 11.4 Å². The predicted molar refractivity (Wildman–Crippen MR) is 90.8 cm³/mol.